The molecule has 0 aliphatic heterocycles. The van der Waals surface area contributed by atoms with Crippen molar-refractivity contribution in [3.63, 3.8) is 0 Å². The Morgan fingerprint density at radius 1 is 1.60 bits per heavy atom. The second-order valence-corrected chi connectivity index (χ2v) is 2.82. The highest BCUT2D eigenvalue weighted by atomic mass is 35.5. The van der Waals surface area contributed by atoms with Crippen LogP contribution in [-0.2, 0) is 0 Å². The molecule has 1 aromatic rings. The molecule has 0 aromatic carbocycles. The lowest BCUT2D eigenvalue weighted by molar-refractivity contribution is 0.107. The summed E-state index contributed by atoms with van der Waals surface area (Å²) in [4.78, 5) is 13.9. The van der Waals surface area contributed by atoms with Gasteiger partial charge in [0.1, 0.15) is 5.69 Å². The van der Waals surface area contributed by atoms with Gasteiger partial charge < -0.3 is 4.74 Å². The lowest BCUT2D eigenvalue weighted by Gasteiger charge is -2.07. The molecule has 0 bridgehead atoms. The van der Waals surface area contributed by atoms with E-state index in [2.05, 4.69) is 9.72 Å². The van der Waals surface area contributed by atoms with Crippen LogP contribution in [0.4, 0.5) is 13.2 Å². The van der Waals surface area contributed by atoms with Crippen LogP contribution in [0.5, 0.6) is 5.75 Å². The maximum absolute atomic E-state index is 13.0. The van der Waals surface area contributed by atoms with Gasteiger partial charge in [-0.25, -0.2) is 18.2 Å². The van der Waals surface area contributed by atoms with E-state index in [0.29, 0.717) is 6.07 Å². The predicted molar refractivity (Wildman–Crippen MR) is 45.9 cm³/mol. The van der Waals surface area contributed by atoms with Crippen molar-refractivity contribution < 1.29 is 22.7 Å². The summed E-state index contributed by atoms with van der Waals surface area (Å²) >= 11 is 5.07. The molecule has 0 fully saturated rings. The number of nitrogens with zero attached hydrogens (tertiary/aromatic N) is 1. The minimum absolute atomic E-state index is 0.281. The summed E-state index contributed by atoms with van der Waals surface area (Å²) in [5.41, 5.74) is -1.66. The largest absolute Gasteiger partial charge is 0.494 e. The summed E-state index contributed by atoms with van der Waals surface area (Å²) in [5.74, 6) is -1.53. The number of ether oxygens (including phenoxy) is 1. The zero-order valence-electron chi connectivity index (χ0n) is 7.43. The van der Waals surface area contributed by atoms with Crippen LogP contribution in [-0.4, -0.2) is 17.3 Å². The zero-order valence-corrected chi connectivity index (χ0v) is 8.19. The third kappa shape index (κ3) is 2.38. The number of hydrogen-bond acceptors (Lipinski definition) is 3. The normalized spacial score (nSPS) is 10.5. The number of alkyl halides is 2. The van der Waals surface area contributed by atoms with E-state index in [-0.39, 0.29) is 5.75 Å². The molecular weight excluding hydrogens is 235 g/mol. The lowest BCUT2D eigenvalue weighted by atomic mass is 10.2. The summed E-state index contributed by atoms with van der Waals surface area (Å²) in [5, 5.41) is -1.09. The summed E-state index contributed by atoms with van der Waals surface area (Å²) in [6.45, 7) is 0. The van der Waals surface area contributed by atoms with Crippen molar-refractivity contribution >= 4 is 16.8 Å². The first-order valence-electron chi connectivity index (χ1n) is 3.69. The Morgan fingerprint density at radius 2 is 2.20 bits per heavy atom. The third-order valence-corrected chi connectivity index (χ3v) is 1.76. The average molecular weight is 240 g/mol. The van der Waals surface area contributed by atoms with Gasteiger partial charge in [-0.1, -0.05) is 0 Å². The van der Waals surface area contributed by atoms with Crippen molar-refractivity contribution in [2.24, 2.45) is 0 Å². The van der Waals surface area contributed by atoms with Crippen LogP contribution in [0.1, 0.15) is 22.6 Å². The van der Waals surface area contributed by atoms with Crippen LogP contribution in [0, 0.1) is 5.82 Å². The SMILES string of the molecule is COc1cc(F)c(C(F)F)nc1C(=O)Cl. The molecule has 1 rings (SSSR count). The Bertz CT molecular complexity index is 398. The molecular formula is C8H5ClF3NO2. The highest BCUT2D eigenvalue weighted by Gasteiger charge is 2.22. The first-order chi connectivity index (χ1) is 6.97. The molecule has 0 aliphatic carbocycles. The van der Waals surface area contributed by atoms with Gasteiger partial charge in [-0.3, -0.25) is 4.79 Å². The molecule has 3 nitrogen and oxygen atoms in total. The Labute approximate surface area is 87.8 Å². The third-order valence-electron chi connectivity index (χ3n) is 1.58. The van der Waals surface area contributed by atoms with Gasteiger partial charge in [-0.15, -0.1) is 0 Å². The Kier molecular flexibility index (Phi) is 3.52. The van der Waals surface area contributed by atoms with Crippen LogP contribution in [0.2, 0.25) is 0 Å². The topological polar surface area (TPSA) is 39.2 Å². The van der Waals surface area contributed by atoms with E-state index < -0.39 is 28.9 Å². The van der Waals surface area contributed by atoms with Gasteiger partial charge in [0.25, 0.3) is 11.7 Å². The number of carbonyl (C=O) groups is 1. The number of methoxy groups -OCH3 is 1. The van der Waals surface area contributed by atoms with Gasteiger partial charge >= 0.3 is 0 Å². The second kappa shape index (κ2) is 4.48. The molecule has 0 amide bonds. The van der Waals surface area contributed by atoms with E-state index >= 15 is 0 Å². The van der Waals surface area contributed by atoms with Crippen LogP contribution in [0.3, 0.4) is 0 Å². The summed E-state index contributed by atoms with van der Waals surface area (Å²) in [7, 11) is 1.14. The first kappa shape index (κ1) is 11.8. The van der Waals surface area contributed by atoms with E-state index in [1.165, 1.54) is 0 Å². The fourth-order valence-electron chi connectivity index (χ4n) is 0.936. The van der Waals surface area contributed by atoms with E-state index in [0.717, 1.165) is 7.11 Å². The summed E-state index contributed by atoms with van der Waals surface area (Å²) in [6.07, 6.45) is -3.12. The molecule has 0 atom stereocenters. The van der Waals surface area contributed by atoms with Crippen molar-refractivity contribution in [2.45, 2.75) is 6.43 Å². The Balaban J connectivity index is 3.37. The molecule has 1 heterocycles. The summed E-state index contributed by atoms with van der Waals surface area (Å²) < 4.78 is 41.9. The number of hydrogen-bond donors (Lipinski definition) is 0. The molecule has 0 N–H and O–H groups in total. The standard InChI is InChI=1S/C8H5ClF3NO2/c1-15-4-2-3(10)5(8(11)12)13-6(4)7(9)14/h2,8H,1H3. The lowest BCUT2D eigenvalue weighted by Crippen LogP contribution is -2.05. The van der Waals surface area contributed by atoms with Crippen molar-refractivity contribution in [3.05, 3.63) is 23.3 Å². The Morgan fingerprint density at radius 3 is 2.60 bits per heavy atom. The fourth-order valence-corrected chi connectivity index (χ4v) is 1.07. The molecule has 0 spiro atoms. The minimum atomic E-state index is -3.12. The van der Waals surface area contributed by atoms with Gasteiger partial charge in [0, 0.05) is 6.07 Å². The number of halogens is 4. The molecule has 0 unspecified atom stereocenters. The smallest absolute Gasteiger partial charge is 0.283 e. The fraction of sp³-hybridized carbons (Fsp3) is 0.250. The van der Waals surface area contributed by atoms with Crippen molar-refractivity contribution in [1.82, 2.24) is 4.98 Å². The van der Waals surface area contributed by atoms with E-state index in [1.54, 1.807) is 0 Å². The molecule has 82 valence electrons. The maximum atomic E-state index is 13.0. The second-order valence-electron chi connectivity index (χ2n) is 2.48. The van der Waals surface area contributed by atoms with Crippen molar-refractivity contribution in [2.75, 3.05) is 7.11 Å². The molecule has 15 heavy (non-hydrogen) atoms. The number of aromatic nitrogens is 1. The molecule has 0 saturated heterocycles. The van der Waals surface area contributed by atoms with Gasteiger partial charge in [0.15, 0.2) is 17.3 Å². The van der Waals surface area contributed by atoms with Crippen molar-refractivity contribution in [3.8, 4) is 5.75 Å². The monoisotopic (exact) mass is 239 g/mol. The number of pyridine rings is 1. The summed E-state index contributed by atoms with van der Waals surface area (Å²) in [6, 6.07) is 0.643. The maximum Gasteiger partial charge on any atom is 0.283 e. The molecule has 0 aliphatic rings. The van der Waals surface area contributed by atoms with Crippen LogP contribution >= 0.6 is 11.6 Å². The van der Waals surface area contributed by atoms with Gasteiger partial charge in [-0.2, -0.15) is 0 Å². The number of carbonyl (C=O) groups excluding carboxylic acids is 1. The quantitative estimate of drug-likeness (QED) is 0.761. The van der Waals surface area contributed by atoms with Crippen LogP contribution in [0.15, 0.2) is 6.07 Å². The highest BCUT2D eigenvalue weighted by Crippen LogP contribution is 2.26. The van der Waals surface area contributed by atoms with Gasteiger partial charge in [0.2, 0.25) is 0 Å². The van der Waals surface area contributed by atoms with Crippen LogP contribution < -0.4 is 4.74 Å². The Hall–Kier alpha value is -1.30. The van der Waals surface area contributed by atoms with E-state index in [9.17, 15) is 18.0 Å². The zero-order chi connectivity index (χ0) is 11.6. The molecule has 0 radical (unpaired) electrons. The molecule has 1 aromatic heterocycles. The number of rotatable bonds is 3. The average Bonchev–Trinajstić information content (AvgIpc) is 2.16. The van der Waals surface area contributed by atoms with Crippen LogP contribution in [0.25, 0.3) is 0 Å². The van der Waals surface area contributed by atoms with E-state index in [1.807, 2.05) is 0 Å². The molecule has 0 saturated carbocycles. The van der Waals surface area contributed by atoms with Gasteiger partial charge in [-0.05, 0) is 11.6 Å². The van der Waals surface area contributed by atoms with Crippen molar-refractivity contribution in [1.29, 1.82) is 0 Å². The highest BCUT2D eigenvalue weighted by molar-refractivity contribution is 6.67. The first-order valence-corrected chi connectivity index (χ1v) is 4.07. The minimum Gasteiger partial charge on any atom is -0.494 e. The van der Waals surface area contributed by atoms with E-state index in [4.69, 9.17) is 11.6 Å². The van der Waals surface area contributed by atoms with Gasteiger partial charge in [0.05, 0.1) is 7.11 Å². The predicted octanol–water partition coefficient (Wildman–Crippen LogP) is 2.55. The molecule has 7 heteroatoms.